The van der Waals surface area contributed by atoms with Gasteiger partial charge in [-0.3, -0.25) is 4.79 Å². The summed E-state index contributed by atoms with van der Waals surface area (Å²) in [6.45, 7) is 6.50. The van der Waals surface area contributed by atoms with Crippen molar-refractivity contribution in [3.8, 4) is 11.5 Å². The molecule has 5 heteroatoms. The Kier molecular flexibility index (Phi) is 7.07. The molecule has 0 aromatic heterocycles. The van der Waals surface area contributed by atoms with Crippen molar-refractivity contribution >= 4 is 5.91 Å². The lowest BCUT2D eigenvalue weighted by atomic mass is 10.1. The molecule has 0 aliphatic heterocycles. The maximum Gasteiger partial charge on any atom is 0.261 e. The van der Waals surface area contributed by atoms with Gasteiger partial charge >= 0.3 is 0 Å². The van der Waals surface area contributed by atoms with Crippen LogP contribution >= 0.6 is 0 Å². The predicted octanol–water partition coefficient (Wildman–Crippen LogP) is 5.11. The zero-order chi connectivity index (χ0) is 21.5. The van der Waals surface area contributed by atoms with E-state index in [-0.39, 0.29) is 11.7 Å². The van der Waals surface area contributed by atoms with Crippen LogP contribution in [0.4, 0.5) is 4.39 Å². The van der Waals surface area contributed by atoms with Crippen LogP contribution in [-0.2, 0) is 17.9 Å². The first-order valence-corrected chi connectivity index (χ1v) is 9.89. The Morgan fingerprint density at radius 1 is 0.967 bits per heavy atom. The molecule has 0 heterocycles. The Bertz CT molecular complexity index is 984. The Labute approximate surface area is 176 Å². The van der Waals surface area contributed by atoms with Crippen LogP contribution in [0.25, 0.3) is 0 Å². The molecule has 156 valence electrons. The Morgan fingerprint density at radius 3 is 2.33 bits per heavy atom. The van der Waals surface area contributed by atoms with Crippen molar-refractivity contribution in [3.63, 3.8) is 0 Å². The van der Waals surface area contributed by atoms with Crippen LogP contribution in [0.15, 0.2) is 66.7 Å². The summed E-state index contributed by atoms with van der Waals surface area (Å²) >= 11 is 0. The highest BCUT2D eigenvalue weighted by Crippen LogP contribution is 2.22. The molecule has 0 aliphatic carbocycles. The van der Waals surface area contributed by atoms with Gasteiger partial charge in [0.15, 0.2) is 6.10 Å². The van der Waals surface area contributed by atoms with Gasteiger partial charge in [0.25, 0.3) is 5.91 Å². The molecule has 0 saturated carbocycles. The molecule has 3 rings (SSSR count). The molecule has 1 atom stereocenters. The number of rotatable bonds is 8. The average Bonchev–Trinajstić information content (AvgIpc) is 2.75. The van der Waals surface area contributed by atoms with E-state index in [4.69, 9.17) is 9.47 Å². The monoisotopic (exact) mass is 407 g/mol. The number of hydrogen-bond donors (Lipinski definition) is 1. The smallest absolute Gasteiger partial charge is 0.261 e. The van der Waals surface area contributed by atoms with E-state index < -0.39 is 6.10 Å². The lowest BCUT2D eigenvalue weighted by molar-refractivity contribution is -0.127. The lowest BCUT2D eigenvalue weighted by Crippen LogP contribution is -2.36. The van der Waals surface area contributed by atoms with E-state index in [0.29, 0.717) is 18.9 Å². The van der Waals surface area contributed by atoms with Crippen molar-refractivity contribution in [3.05, 3.63) is 94.8 Å². The van der Waals surface area contributed by atoms with Crippen LogP contribution in [-0.4, -0.2) is 12.0 Å². The largest absolute Gasteiger partial charge is 0.489 e. The first kappa shape index (κ1) is 21.4. The van der Waals surface area contributed by atoms with Gasteiger partial charge in [-0.1, -0.05) is 36.4 Å². The van der Waals surface area contributed by atoms with E-state index in [0.717, 1.165) is 28.0 Å². The fourth-order valence-corrected chi connectivity index (χ4v) is 2.88. The van der Waals surface area contributed by atoms with Gasteiger partial charge in [0.05, 0.1) is 0 Å². The Morgan fingerprint density at radius 2 is 1.63 bits per heavy atom. The topological polar surface area (TPSA) is 47.6 Å². The fourth-order valence-electron chi connectivity index (χ4n) is 2.88. The molecular formula is C25H26FNO3. The molecule has 0 aliphatic rings. The van der Waals surface area contributed by atoms with Gasteiger partial charge in [-0.15, -0.1) is 0 Å². The second-order valence-corrected chi connectivity index (χ2v) is 7.24. The van der Waals surface area contributed by atoms with Gasteiger partial charge < -0.3 is 14.8 Å². The number of carbonyl (C=O) groups excluding carboxylic acids is 1. The quantitative estimate of drug-likeness (QED) is 0.565. The number of nitrogens with one attached hydrogen (secondary N) is 1. The molecule has 0 radical (unpaired) electrons. The van der Waals surface area contributed by atoms with Crippen LogP contribution in [0.3, 0.4) is 0 Å². The van der Waals surface area contributed by atoms with Crippen LogP contribution in [0.2, 0.25) is 0 Å². The summed E-state index contributed by atoms with van der Waals surface area (Å²) in [5.41, 5.74) is 4.01. The average molecular weight is 407 g/mol. The van der Waals surface area contributed by atoms with Gasteiger partial charge in [-0.05, 0) is 73.4 Å². The second-order valence-electron chi connectivity index (χ2n) is 7.24. The summed E-state index contributed by atoms with van der Waals surface area (Å²) in [7, 11) is 0. The number of carbonyl (C=O) groups is 1. The highest BCUT2D eigenvalue weighted by molar-refractivity contribution is 5.80. The van der Waals surface area contributed by atoms with Gasteiger partial charge in [0.1, 0.15) is 23.9 Å². The molecule has 0 unspecified atom stereocenters. The molecular weight excluding hydrogens is 381 g/mol. The van der Waals surface area contributed by atoms with Crippen molar-refractivity contribution in [2.24, 2.45) is 0 Å². The number of ether oxygens (including phenoxy) is 2. The van der Waals surface area contributed by atoms with Crippen molar-refractivity contribution < 1.29 is 18.7 Å². The maximum atomic E-state index is 12.9. The van der Waals surface area contributed by atoms with Crippen LogP contribution in [0, 0.1) is 19.7 Å². The Balaban J connectivity index is 1.47. The summed E-state index contributed by atoms with van der Waals surface area (Å²) in [4.78, 5) is 12.4. The number of aryl methyl sites for hydroxylation is 1. The maximum absolute atomic E-state index is 12.9. The van der Waals surface area contributed by atoms with Gasteiger partial charge in [0, 0.05) is 6.54 Å². The molecule has 3 aromatic carbocycles. The summed E-state index contributed by atoms with van der Waals surface area (Å²) in [5.74, 6) is 0.993. The van der Waals surface area contributed by atoms with Crippen molar-refractivity contribution in [1.29, 1.82) is 0 Å². The van der Waals surface area contributed by atoms with E-state index in [1.165, 1.54) is 12.1 Å². The highest BCUT2D eigenvalue weighted by atomic mass is 19.1. The SMILES string of the molecule is Cc1cccc(O[C@@H](C)C(=O)NCc2ccc(OCc3ccc(F)cc3)cc2)c1C. The van der Waals surface area contributed by atoms with Gasteiger partial charge in [-0.2, -0.15) is 0 Å². The molecule has 0 fully saturated rings. The number of hydrogen-bond acceptors (Lipinski definition) is 3. The Hall–Kier alpha value is -3.34. The highest BCUT2D eigenvalue weighted by Gasteiger charge is 2.15. The zero-order valence-electron chi connectivity index (χ0n) is 17.4. The molecule has 0 spiro atoms. The molecule has 3 aromatic rings. The van der Waals surface area contributed by atoms with E-state index >= 15 is 0 Å². The van der Waals surface area contributed by atoms with E-state index in [2.05, 4.69) is 5.32 Å². The van der Waals surface area contributed by atoms with Crippen molar-refractivity contribution in [2.75, 3.05) is 0 Å². The summed E-state index contributed by atoms with van der Waals surface area (Å²) in [6.07, 6.45) is -0.594. The minimum Gasteiger partial charge on any atom is -0.489 e. The minimum atomic E-state index is -0.594. The van der Waals surface area contributed by atoms with Crippen LogP contribution < -0.4 is 14.8 Å². The third-order valence-corrected chi connectivity index (χ3v) is 4.94. The van der Waals surface area contributed by atoms with Crippen LogP contribution in [0.1, 0.15) is 29.2 Å². The van der Waals surface area contributed by atoms with Crippen LogP contribution in [0.5, 0.6) is 11.5 Å². The molecule has 0 saturated heterocycles. The molecule has 1 N–H and O–H groups in total. The third kappa shape index (κ3) is 5.83. The zero-order valence-corrected chi connectivity index (χ0v) is 17.4. The van der Waals surface area contributed by atoms with E-state index in [9.17, 15) is 9.18 Å². The summed E-state index contributed by atoms with van der Waals surface area (Å²) in [6, 6.07) is 19.5. The molecule has 1 amide bonds. The molecule has 4 nitrogen and oxygen atoms in total. The first-order valence-electron chi connectivity index (χ1n) is 9.89. The summed E-state index contributed by atoms with van der Waals surface area (Å²) < 4.78 is 24.5. The number of benzene rings is 3. The molecule has 30 heavy (non-hydrogen) atoms. The van der Waals surface area contributed by atoms with Crippen molar-refractivity contribution in [2.45, 2.75) is 40.0 Å². The third-order valence-electron chi connectivity index (χ3n) is 4.94. The van der Waals surface area contributed by atoms with E-state index in [1.807, 2.05) is 56.3 Å². The lowest BCUT2D eigenvalue weighted by Gasteiger charge is -2.17. The van der Waals surface area contributed by atoms with Crippen molar-refractivity contribution in [1.82, 2.24) is 5.32 Å². The normalized spacial score (nSPS) is 11.6. The second kappa shape index (κ2) is 9.92. The number of halogens is 1. The minimum absolute atomic E-state index is 0.174. The van der Waals surface area contributed by atoms with Gasteiger partial charge in [-0.25, -0.2) is 4.39 Å². The number of amides is 1. The van der Waals surface area contributed by atoms with Gasteiger partial charge in [0.2, 0.25) is 0 Å². The standard InChI is InChI=1S/C25H26FNO3/c1-17-5-4-6-24(18(17)2)30-19(3)25(28)27-15-20-9-13-23(14-10-20)29-16-21-7-11-22(26)12-8-21/h4-14,19H,15-16H2,1-3H3,(H,27,28)/t19-/m0/s1. The fraction of sp³-hybridized carbons (Fsp3) is 0.240. The molecule has 0 bridgehead atoms. The predicted molar refractivity (Wildman–Crippen MR) is 115 cm³/mol. The first-order chi connectivity index (χ1) is 14.4. The van der Waals surface area contributed by atoms with E-state index in [1.54, 1.807) is 19.1 Å². The summed E-state index contributed by atoms with van der Waals surface area (Å²) in [5, 5.41) is 2.90.